The Balaban J connectivity index is 2.14. The SMILES string of the molecule is O=C1C(CCO)NCCN1c1ccc(Cl)cc1. The number of hydrogen-bond donors (Lipinski definition) is 2. The zero-order valence-electron chi connectivity index (χ0n) is 9.40. The second-order valence-corrected chi connectivity index (χ2v) is 4.42. The number of anilines is 1. The van der Waals surface area contributed by atoms with Crippen molar-refractivity contribution in [3.05, 3.63) is 29.3 Å². The van der Waals surface area contributed by atoms with E-state index in [1.54, 1.807) is 17.0 Å². The van der Waals surface area contributed by atoms with Crippen LogP contribution in [-0.2, 0) is 4.79 Å². The molecule has 0 aromatic heterocycles. The second kappa shape index (κ2) is 5.49. The summed E-state index contributed by atoms with van der Waals surface area (Å²) < 4.78 is 0. The average molecular weight is 255 g/mol. The number of carbonyl (C=O) groups is 1. The van der Waals surface area contributed by atoms with Crippen molar-refractivity contribution in [3.63, 3.8) is 0 Å². The van der Waals surface area contributed by atoms with Crippen molar-refractivity contribution >= 4 is 23.2 Å². The smallest absolute Gasteiger partial charge is 0.244 e. The molecule has 0 aliphatic carbocycles. The number of aliphatic hydroxyl groups excluding tert-OH is 1. The van der Waals surface area contributed by atoms with Gasteiger partial charge in [-0.15, -0.1) is 0 Å². The maximum atomic E-state index is 12.1. The highest BCUT2D eigenvalue weighted by Gasteiger charge is 2.28. The first-order valence-corrected chi connectivity index (χ1v) is 6.01. The van der Waals surface area contributed by atoms with Crippen molar-refractivity contribution in [3.8, 4) is 0 Å². The number of amides is 1. The van der Waals surface area contributed by atoms with Crippen LogP contribution in [0.2, 0.25) is 5.02 Å². The van der Waals surface area contributed by atoms with Gasteiger partial charge in [-0.1, -0.05) is 11.6 Å². The highest BCUT2D eigenvalue weighted by atomic mass is 35.5. The molecule has 1 heterocycles. The van der Waals surface area contributed by atoms with Crippen molar-refractivity contribution in [1.82, 2.24) is 5.32 Å². The molecule has 0 bridgehead atoms. The van der Waals surface area contributed by atoms with Gasteiger partial charge in [-0.25, -0.2) is 0 Å². The van der Waals surface area contributed by atoms with Gasteiger partial charge < -0.3 is 15.3 Å². The van der Waals surface area contributed by atoms with Gasteiger partial charge >= 0.3 is 0 Å². The van der Waals surface area contributed by atoms with Crippen LogP contribution in [-0.4, -0.2) is 36.8 Å². The standard InChI is InChI=1S/C12H15ClN2O2/c13-9-1-3-10(4-2-9)15-7-6-14-11(5-8-16)12(15)17/h1-4,11,14,16H,5-8H2. The quantitative estimate of drug-likeness (QED) is 0.847. The minimum atomic E-state index is -0.288. The summed E-state index contributed by atoms with van der Waals surface area (Å²) in [6, 6.07) is 6.92. The van der Waals surface area contributed by atoms with E-state index in [-0.39, 0.29) is 18.6 Å². The van der Waals surface area contributed by atoms with Crippen LogP contribution >= 0.6 is 11.6 Å². The van der Waals surface area contributed by atoms with Crippen LogP contribution in [0.3, 0.4) is 0 Å². The molecule has 1 unspecified atom stereocenters. The molecule has 0 radical (unpaired) electrons. The lowest BCUT2D eigenvalue weighted by Crippen LogP contribution is -2.55. The van der Waals surface area contributed by atoms with E-state index in [0.29, 0.717) is 18.0 Å². The summed E-state index contributed by atoms with van der Waals surface area (Å²) in [6.45, 7) is 1.39. The Bertz CT molecular complexity index is 392. The molecule has 0 spiro atoms. The van der Waals surface area contributed by atoms with Crippen molar-refractivity contribution in [2.24, 2.45) is 0 Å². The maximum Gasteiger partial charge on any atom is 0.244 e. The molecule has 1 amide bonds. The Morgan fingerprint density at radius 2 is 2.12 bits per heavy atom. The van der Waals surface area contributed by atoms with Crippen LogP contribution in [0.5, 0.6) is 0 Å². The van der Waals surface area contributed by atoms with Crippen LogP contribution in [0.1, 0.15) is 6.42 Å². The van der Waals surface area contributed by atoms with Gasteiger partial charge in [-0.3, -0.25) is 4.79 Å². The average Bonchev–Trinajstić information content (AvgIpc) is 2.34. The largest absolute Gasteiger partial charge is 0.396 e. The van der Waals surface area contributed by atoms with Crippen molar-refractivity contribution < 1.29 is 9.90 Å². The van der Waals surface area contributed by atoms with Crippen molar-refractivity contribution in [2.45, 2.75) is 12.5 Å². The lowest BCUT2D eigenvalue weighted by Gasteiger charge is -2.33. The number of nitrogens with one attached hydrogen (secondary N) is 1. The number of nitrogens with zero attached hydrogens (tertiary/aromatic N) is 1. The molecular formula is C12H15ClN2O2. The Hall–Kier alpha value is -1.10. The Morgan fingerprint density at radius 1 is 1.41 bits per heavy atom. The predicted molar refractivity (Wildman–Crippen MR) is 67.3 cm³/mol. The third kappa shape index (κ3) is 2.77. The highest BCUT2D eigenvalue weighted by Crippen LogP contribution is 2.20. The molecule has 1 aromatic rings. The van der Waals surface area contributed by atoms with Crippen LogP contribution < -0.4 is 10.2 Å². The Labute approximate surface area is 105 Å². The summed E-state index contributed by atoms with van der Waals surface area (Å²) in [4.78, 5) is 13.8. The molecule has 92 valence electrons. The summed E-state index contributed by atoms with van der Waals surface area (Å²) in [7, 11) is 0. The number of benzene rings is 1. The maximum absolute atomic E-state index is 12.1. The van der Waals surface area contributed by atoms with Gasteiger partial charge in [0.25, 0.3) is 0 Å². The monoisotopic (exact) mass is 254 g/mol. The summed E-state index contributed by atoms with van der Waals surface area (Å²) in [5.41, 5.74) is 0.851. The number of hydrogen-bond acceptors (Lipinski definition) is 3. The molecule has 1 atom stereocenters. The van der Waals surface area contributed by atoms with Gasteiger partial charge in [0.1, 0.15) is 0 Å². The molecule has 1 aromatic carbocycles. The van der Waals surface area contributed by atoms with Crippen LogP contribution in [0, 0.1) is 0 Å². The molecule has 17 heavy (non-hydrogen) atoms. The van der Waals surface area contributed by atoms with E-state index >= 15 is 0 Å². The minimum absolute atomic E-state index is 0.00706. The van der Waals surface area contributed by atoms with Gasteiger partial charge in [-0.2, -0.15) is 0 Å². The number of carbonyl (C=O) groups excluding carboxylic acids is 1. The summed E-state index contributed by atoms with van der Waals surface area (Å²) in [6.07, 6.45) is 0.447. The van der Waals surface area contributed by atoms with E-state index in [1.165, 1.54) is 0 Å². The molecule has 5 heteroatoms. The molecule has 4 nitrogen and oxygen atoms in total. The first kappa shape index (κ1) is 12.4. The summed E-state index contributed by atoms with van der Waals surface area (Å²) in [5, 5.41) is 12.7. The lowest BCUT2D eigenvalue weighted by atomic mass is 10.1. The zero-order valence-corrected chi connectivity index (χ0v) is 10.2. The Morgan fingerprint density at radius 3 is 2.76 bits per heavy atom. The van der Waals surface area contributed by atoms with E-state index in [1.807, 2.05) is 12.1 Å². The highest BCUT2D eigenvalue weighted by molar-refractivity contribution is 6.30. The third-order valence-corrected chi connectivity index (χ3v) is 3.10. The van der Waals surface area contributed by atoms with E-state index in [0.717, 1.165) is 12.2 Å². The topological polar surface area (TPSA) is 52.6 Å². The number of aliphatic hydroxyl groups is 1. The van der Waals surface area contributed by atoms with Crippen LogP contribution in [0.25, 0.3) is 0 Å². The first-order chi connectivity index (χ1) is 8.22. The molecule has 0 saturated carbocycles. The second-order valence-electron chi connectivity index (χ2n) is 3.99. The fraction of sp³-hybridized carbons (Fsp3) is 0.417. The summed E-state index contributed by atoms with van der Waals surface area (Å²) >= 11 is 5.82. The number of rotatable bonds is 3. The lowest BCUT2D eigenvalue weighted by molar-refractivity contribution is -0.122. The van der Waals surface area contributed by atoms with E-state index < -0.39 is 0 Å². The van der Waals surface area contributed by atoms with Gasteiger partial charge in [0, 0.05) is 30.4 Å². The Kier molecular flexibility index (Phi) is 3.99. The fourth-order valence-electron chi connectivity index (χ4n) is 1.97. The first-order valence-electron chi connectivity index (χ1n) is 5.63. The molecule has 1 saturated heterocycles. The van der Waals surface area contributed by atoms with Gasteiger partial charge in [-0.05, 0) is 30.7 Å². The number of halogens is 1. The minimum Gasteiger partial charge on any atom is -0.396 e. The van der Waals surface area contributed by atoms with Gasteiger partial charge in [0.05, 0.1) is 6.04 Å². The van der Waals surface area contributed by atoms with Crippen molar-refractivity contribution in [2.75, 3.05) is 24.6 Å². The molecule has 2 N–H and O–H groups in total. The third-order valence-electron chi connectivity index (χ3n) is 2.85. The molecule has 1 aliphatic heterocycles. The van der Waals surface area contributed by atoms with Crippen molar-refractivity contribution in [1.29, 1.82) is 0 Å². The van der Waals surface area contributed by atoms with Crippen LogP contribution in [0.4, 0.5) is 5.69 Å². The van der Waals surface area contributed by atoms with Gasteiger partial charge in [0.15, 0.2) is 0 Å². The van der Waals surface area contributed by atoms with E-state index in [4.69, 9.17) is 16.7 Å². The van der Waals surface area contributed by atoms with Gasteiger partial charge in [0.2, 0.25) is 5.91 Å². The molecule has 2 rings (SSSR count). The van der Waals surface area contributed by atoms with E-state index in [2.05, 4.69) is 5.32 Å². The van der Waals surface area contributed by atoms with Crippen LogP contribution in [0.15, 0.2) is 24.3 Å². The summed E-state index contributed by atoms with van der Waals surface area (Å²) in [5.74, 6) is 0.00706. The predicted octanol–water partition coefficient (Wildman–Crippen LogP) is 1.03. The molecular weight excluding hydrogens is 240 g/mol. The molecule has 1 fully saturated rings. The normalized spacial score (nSPS) is 20.7. The molecule has 1 aliphatic rings. The zero-order chi connectivity index (χ0) is 12.3. The number of piperazine rings is 1. The van der Waals surface area contributed by atoms with E-state index in [9.17, 15) is 4.79 Å². The fourth-order valence-corrected chi connectivity index (χ4v) is 2.09.